The van der Waals surface area contributed by atoms with Gasteiger partial charge in [0.05, 0.1) is 0 Å². The van der Waals surface area contributed by atoms with E-state index in [9.17, 15) is 19.8 Å². The van der Waals surface area contributed by atoms with Crippen LogP contribution in [0.3, 0.4) is 0 Å². The van der Waals surface area contributed by atoms with Crippen LogP contribution in [-0.4, -0.2) is 46.1 Å². The van der Waals surface area contributed by atoms with Crippen LogP contribution in [0.1, 0.15) is 78.1 Å². The summed E-state index contributed by atoms with van der Waals surface area (Å²) < 4.78 is 0. The van der Waals surface area contributed by atoms with Gasteiger partial charge in [0.25, 0.3) is 0 Å². The van der Waals surface area contributed by atoms with Crippen LogP contribution in [-0.2, 0) is 9.59 Å². The summed E-state index contributed by atoms with van der Waals surface area (Å²) in [5.41, 5.74) is 11.3. The normalized spacial score (nSPS) is 21.2. The van der Waals surface area contributed by atoms with Gasteiger partial charge in [-0.25, -0.2) is 0 Å². The number of aliphatic hydroxyl groups is 2. The predicted molar refractivity (Wildman–Crippen MR) is 102 cm³/mol. The summed E-state index contributed by atoms with van der Waals surface area (Å²) in [5, 5.41) is 19.0. The third-order valence-electron chi connectivity index (χ3n) is 5.09. The van der Waals surface area contributed by atoms with E-state index in [-0.39, 0.29) is 23.7 Å². The van der Waals surface area contributed by atoms with E-state index in [4.69, 9.17) is 11.5 Å². The number of Topliss-reactive ketones (excluding diaryl/α,β-unsaturated/α-hetero) is 2. The van der Waals surface area contributed by atoms with Crippen LogP contribution >= 0.6 is 0 Å². The number of carbonyl (C=O) groups is 2. The van der Waals surface area contributed by atoms with Gasteiger partial charge in [0.2, 0.25) is 0 Å². The number of hydrogen-bond acceptors (Lipinski definition) is 6. The molecule has 0 saturated heterocycles. The second-order valence-electron chi connectivity index (χ2n) is 8.02. The summed E-state index contributed by atoms with van der Waals surface area (Å²) in [6, 6.07) is -0.729. The lowest BCUT2D eigenvalue weighted by Gasteiger charge is -2.16. The topological polar surface area (TPSA) is 127 Å². The Morgan fingerprint density at radius 2 is 1.12 bits per heavy atom. The van der Waals surface area contributed by atoms with Gasteiger partial charge in [-0.15, -0.1) is 0 Å². The number of aliphatic hydroxyl groups excluding tert-OH is 2. The minimum Gasteiger partial charge on any atom is -0.384 e. The van der Waals surface area contributed by atoms with Crippen molar-refractivity contribution < 1.29 is 19.8 Å². The van der Waals surface area contributed by atoms with Crippen molar-refractivity contribution in [3.05, 3.63) is 0 Å². The summed E-state index contributed by atoms with van der Waals surface area (Å²) in [5.74, 6) is 0.943. The summed E-state index contributed by atoms with van der Waals surface area (Å²) in [7, 11) is 0. The van der Waals surface area contributed by atoms with Crippen LogP contribution in [0.25, 0.3) is 0 Å². The number of nitrogens with two attached hydrogens (primary N) is 2. The van der Waals surface area contributed by atoms with Crippen molar-refractivity contribution in [2.45, 2.75) is 102 Å². The molecule has 2 aliphatic rings. The Bertz CT molecular complexity index is 396. The monoisotopic (exact) mass is 370 g/mol. The van der Waals surface area contributed by atoms with Crippen molar-refractivity contribution in [2.75, 3.05) is 0 Å². The van der Waals surface area contributed by atoms with Gasteiger partial charge in [-0.05, 0) is 50.4 Å². The fourth-order valence-electron chi connectivity index (χ4n) is 2.91. The first-order chi connectivity index (χ1) is 12.3. The first-order valence-electron chi connectivity index (χ1n) is 10.2. The predicted octanol–water partition coefficient (Wildman–Crippen LogP) is 1.69. The van der Waals surface area contributed by atoms with Crippen molar-refractivity contribution in [1.29, 1.82) is 0 Å². The zero-order valence-electron chi connectivity index (χ0n) is 16.4. The molecule has 4 atom stereocenters. The standard InChI is InChI=1S/2C10H19NO2/c2*1-2-3-8(11)10(13)9(12)6-7-4-5-7/h2*7-8,10,13H,2-6,11H2,1H3/t2*8-,10?/m00/s1. The van der Waals surface area contributed by atoms with Gasteiger partial charge in [0, 0.05) is 24.9 Å². The summed E-state index contributed by atoms with van der Waals surface area (Å²) >= 11 is 0. The lowest BCUT2D eigenvalue weighted by molar-refractivity contribution is -0.129. The summed E-state index contributed by atoms with van der Waals surface area (Å²) in [6.07, 6.45) is 7.02. The Hall–Kier alpha value is -0.820. The van der Waals surface area contributed by atoms with E-state index in [2.05, 4.69) is 0 Å². The lowest BCUT2D eigenvalue weighted by Crippen LogP contribution is -2.40. The van der Waals surface area contributed by atoms with E-state index in [1.165, 1.54) is 0 Å². The Kier molecular flexibility index (Phi) is 10.5. The molecule has 6 heteroatoms. The van der Waals surface area contributed by atoms with E-state index in [1.807, 2.05) is 13.8 Å². The van der Waals surface area contributed by atoms with E-state index >= 15 is 0 Å². The van der Waals surface area contributed by atoms with Crippen molar-refractivity contribution in [1.82, 2.24) is 0 Å². The molecule has 2 aliphatic carbocycles. The zero-order valence-corrected chi connectivity index (χ0v) is 16.4. The molecule has 2 fully saturated rings. The SMILES string of the molecule is CCC[C@H](N)C(O)C(=O)CC1CC1.CCC[C@H](N)C(O)C(=O)CC1CC1. The van der Waals surface area contributed by atoms with Crippen LogP contribution in [0.5, 0.6) is 0 Å². The third-order valence-corrected chi connectivity index (χ3v) is 5.09. The summed E-state index contributed by atoms with van der Waals surface area (Å²) in [4.78, 5) is 22.8. The molecule has 6 N–H and O–H groups in total. The number of carbonyl (C=O) groups excluding carboxylic acids is 2. The van der Waals surface area contributed by atoms with Crippen molar-refractivity contribution in [2.24, 2.45) is 23.3 Å². The minimum absolute atomic E-state index is 0.0662. The molecule has 6 nitrogen and oxygen atoms in total. The van der Waals surface area contributed by atoms with Gasteiger partial charge < -0.3 is 21.7 Å². The highest BCUT2D eigenvalue weighted by molar-refractivity contribution is 5.84. The van der Waals surface area contributed by atoms with Crippen LogP contribution in [0.15, 0.2) is 0 Å². The van der Waals surface area contributed by atoms with Gasteiger partial charge in [-0.2, -0.15) is 0 Å². The van der Waals surface area contributed by atoms with Crippen LogP contribution < -0.4 is 11.5 Å². The highest BCUT2D eigenvalue weighted by atomic mass is 16.3. The zero-order chi connectivity index (χ0) is 19.7. The molecule has 0 bridgehead atoms. The molecule has 0 spiro atoms. The lowest BCUT2D eigenvalue weighted by atomic mass is 10.00. The Morgan fingerprint density at radius 1 is 0.808 bits per heavy atom. The fraction of sp³-hybridized carbons (Fsp3) is 0.900. The maximum absolute atomic E-state index is 11.4. The largest absolute Gasteiger partial charge is 0.384 e. The van der Waals surface area contributed by atoms with Crippen molar-refractivity contribution in [3.63, 3.8) is 0 Å². The Balaban J connectivity index is 0.000000260. The first-order valence-corrected chi connectivity index (χ1v) is 10.2. The molecule has 0 heterocycles. The summed E-state index contributed by atoms with van der Waals surface area (Å²) in [6.45, 7) is 4.00. The van der Waals surface area contributed by atoms with Crippen molar-refractivity contribution >= 4 is 11.6 Å². The smallest absolute Gasteiger partial charge is 0.163 e. The van der Waals surface area contributed by atoms with Gasteiger partial charge in [0.1, 0.15) is 12.2 Å². The molecule has 2 saturated carbocycles. The number of rotatable bonds is 12. The Labute approximate surface area is 157 Å². The molecule has 0 amide bonds. The van der Waals surface area contributed by atoms with Gasteiger partial charge in [-0.1, -0.05) is 26.7 Å². The average Bonchev–Trinajstić information content (AvgIpc) is 3.51. The number of ketones is 2. The first kappa shape index (κ1) is 23.2. The van der Waals surface area contributed by atoms with Crippen LogP contribution in [0.2, 0.25) is 0 Å². The maximum atomic E-state index is 11.4. The van der Waals surface area contributed by atoms with Crippen LogP contribution in [0.4, 0.5) is 0 Å². The molecule has 0 aromatic rings. The fourth-order valence-corrected chi connectivity index (χ4v) is 2.91. The minimum atomic E-state index is -0.930. The second kappa shape index (κ2) is 11.8. The second-order valence-corrected chi connectivity index (χ2v) is 8.02. The quantitative estimate of drug-likeness (QED) is 0.414. The van der Waals surface area contributed by atoms with Gasteiger partial charge in [-0.3, -0.25) is 9.59 Å². The van der Waals surface area contributed by atoms with Crippen molar-refractivity contribution in [3.8, 4) is 0 Å². The van der Waals surface area contributed by atoms with E-state index in [1.54, 1.807) is 0 Å². The molecule has 0 aromatic heterocycles. The van der Waals surface area contributed by atoms with Gasteiger partial charge >= 0.3 is 0 Å². The third kappa shape index (κ3) is 9.21. The highest BCUT2D eigenvalue weighted by Crippen LogP contribution is 2.33. The molecule has 0 aromatic carbocycles. The highest BCUT2D eigenvalue weighted by Gasteiger charge is 2.30. The molecule has 2 rings (SSSR count). The van der Waals surface area contributed by atoms with E-state index < -0.39 is 12.2 Å². The van der Waals surface area contributed by atoms with E-state index in [0.29, 0.717) is 24.7 Å². The molecule has 152 valence electrons. The molecule has 2 unspecified atom stereocenters. The molecule has 0 radical (unpaired) electrons. The van der Waals surface area contributed by atoms with Gasteiger partial charge in [0.15, 0.2) is 11.6 Å². The number of hydrogen-bond donors (Lipinski definition) is 4. The van der Waals surface area contributed by atoms with E-state index in [0.717, 1.165) is 51.4 Å². The average molecular weight is 371 g/mol. The molecule has 0 aliphatic heterocycles. The van der Waals surface area contributed by atoms with Crippen LogP contribution in [0, 0.1) is 11.8 Å². The Morgan fingerprint density at radius 3 is 1.35 bits per heavy atom. The molecular weight excluding hydrogens is 332 g/mol. The maximum Gasteiger partial charge on any atom is 0.163 e. The molecule has 26 heavy (non-hydrogen) atoms. The molecular formula is C20H38N2O4.